The highest BCUT2D eigenvalue weighted by atomic mass is 16.6. The Bertz CT molecular complexity index is 384. The quantitative estimate of drug-likeness (QED) is 0.399. The summed E-state index contributed by atoms with van der Waals surface area (Å²) in [4.78, 5) is 0. The van der Waals surface area contributed by atoms with Gasteiger partial charge in [-0.25, -0.2) is 0 Å². The lowest BCUT2D eigenvalue weighted by atomic mass is 9.71. The van der Waals surface area contributed by atoms with Crippen molar-refractivity contribution in [1.82, 2.24) is 0 Å². The average Bonchev–Trinajstić information content (AvgIpc) is 2.96. The summed E-state index contributed by atoms with van der Waals surface area (Å²) >= 11 is 0. The van der Waals surface area contributed by atoms with Gasteiger partial charge < -0.3 is 4.74 Å². The molecule has 1 nitrogen and oxygen atoms in total. The number of hydrogen-bond acceptors (Lipinski definition) is 1. The van der Waals surface area contributed by atoms with Gasteiger partial charge in [0.2, 0.25) is 0 Å². The minimum atomic E-state index is 0.301. The first kappa shape index (κ1) is 12.6. The van der Waals surface area contributed by atoms with Crippen molar-refractivity contribution >= 4 is 0 Å². The molecule has 0 aromatic rings. The highest BCUT2D eigenvalue weighted by Gasteiger charge is 2.48. The third kappa shape index (κ3) is 2.40. The normalized spacial score (nSPS) is 32.6. The van der Waals surface area contributed by atoms with Crippen LogP contribution in [0.3, 0.4) is 0 Å². The van der Waals surface area contributed by atoms with Crippen LogP contribution in [0, 0.1) is 5.41 Å². The molecule has 1 heterocycles. The zero-order valence-electron chi connectivity index (χ0n) is 11.5. The van der Waals surface area contributed by atoms with E-state index in [-0.39, 0.29) is 0 Å². The van der Waals surface area contributed by atoms with E-state index in [1.54, 1.807) is 11.1 Å². The molecular weight excluding hydrogens is 208 g/mol. The van der Waals surface area contributed by atoms with Gasteiger partial charge in [0.25, 0.3) is 0 Å². The minimum absolute atomic E-state index is 0.301. The zero-order valence-corrected chi connectivity index (χ0v) is 11.5. The lowest BCUT2D eigenvalue weighted by Gasteiger charge is -2.34. The molecule has 2 aliphatic rings. The molecular formula is C16H24O. The maximum Gasteiger partial charge on any atom is 0.110 e. The van der Waals surface area contributed by atoms with Gasteiger partial charge >= 0.3 is 0 Å². The summed E-state index contributed by atoms with van der Waals surface area (Å²) in [5, 5.41) is 0. The van der Waals surface area contributed by atoms with Crippen LogP contribution < -0.4 is 0 Å². The second-order valence-corrected chi connectivity index (χ2v) is 6.06. The maximum absolute atomic E-state index is 5.90. The molecule has 0 radical (unpaired) electrons. The van der Waals surface area contributed by atoms with Crippen molar-refractivity contribution in [2.45, 2.75) is 59.2 Å². The fourth-order valence-electron chi connectivity index (χ4n) is 3.23. The Labute approximate surface area is 105 Å². The summed E-state index contributed by atoms with van der Waals surface area (Å²) in [7, 11) is 0. The highest BCUT2D eigenvalue weighted by Crippen LogP contribution is 2.49. The second kappa shape index (κ2) is 4.45. The van der Waals surface area contributed by atoms with Crippen LogP contribution in [-0.4, -0.2) is 12.2 Å². The molecule has 0 spiro atoms. The van der Waals surface area contributed by atoms with Gasteiger partial charge in [0.05, 0.1) is 0 Å². The number of rotatable bonds is 3. The first-order valence-corrected chi connectivity index (χ1v) is 6.62. The van der Waals surface area contributed by atoms with Crippen molar-refractivity contribution in [2.75, 3.05) is 0 Å². The van der Waals surface area contributed by atoms with Crippen LogP contribution in [0.4, 0.5) is 0 Å². The fraction of sp³-hybridized carbons (Fsp3) is 0.625. The predicted octanol–water partition coefficient (Wildman–Crippen LogP) is 4.41. The molecule has 0 saturated carbocycles. The van der Waals surface area contributed by atoms with Gasteiger partial charge in [-0.15, -0.1) is 0 Å². The van der Waals surface area contributed by atoms with E-state index in [9.17, 15) is 0 Å². The Balaban J connectivity index is 2.19. The SMILES string of the molecule is C=C/C=C(\C)C1OC1C1=C(C)CCCC1(C)C. The first-order chi connectivity index (χ1) is 7.97. The molecule has 94 valence electrons. The molecule has 0 aromatic carbocycles. The van der Waals surface area contributed by atoms with Crippen molar-refractivity contribution in [1.29, 1.82) is 0 Å². The average molecular weight is 232 g/mol. The smallest absolute Gasteiger partial charge is 0.110 e. The molecule has 0 aromatic heterocycles. The Morgan fingerprint density at radius 1 is 1.47 bits per heavy atom. The predicted molar refractivity (Wildman–Crippen MR) is 72.9 cm³/mol. The molecule has 0 bridgehead atoms. The van der Waals surface area contributed by atoms with Crippen LogP contribution in [0.1, 0.15) is 47.0 Å². The molecule has 1 saturated heterocycles. The van der Waals surface area contributed by atoms with E-state index in [0.29, 0.717) is 17.6 Å². The van der Waals surface area contributed by atoms with Gasteiger partial charge in [-0.05, 0) is 49.7 Å². The molecule has 1 aliphatic heterocycles. The summed E-state index contributed by atoms with van der Waals surface area (Å²) in [6.45, 7) is 12.9. The van der Waals surface area contributed by atoms with Gasteiger partial charge in [0, 0.05) is 0 Å². The van der Waals surface area contributed by atoms with E-state index in [1.165, 1.54) is 24.8 Å². The second-order valence-electron chi connectivity index (χ2n) is 6.06. The summed E-state index contributed by atoms with van der Waals surface area (Å²) in [6, 6.07) is 0. The van der Waals surface area contributed by atoms with E-state index in [1.807, 2.05) is 6.08 Å². The van der Waals surface area contributed by atoms with Crippen molar-refractivity contribution in [3.63, 3.8) is 0 Å². The van der Waals surface area contributed by atoms with Crippen molar-refractivity contribution in [3.8, 4) is 0 Å². The number of epoxide rings is 1. The van der Waals surface area contributed by atoms with Crippen molar-refractivity contribution in [2.24, 2.45) is 5.41 Å². The molecule has 0 N–H and O–H groups in total. The van der Waals surface area contributed by atoms with Gasteiger partial charge in [-0.1, -0.05) is 38.2 Å². The van der Waals surface area contributed by atoms with Crippen LogP contribution in [-0.2, 0) is 4.74 Å². The van der Waals surface area contributed by atoms with Gasteiger partial charge in [-0.2, -0.15) is 0 Å². The van der Waals surface area contributed by atoms with Crippen LogP contribution in [0.2, 0.25) is 0 Å². The standard InChI is InChI=1S/C16H24O/c1-6-8-12(3)14-15(17-14)13-11(2)9-7-10-16(13,4)5/h6,8,14-15H,1,7,9-10H2,2-5H3/b12-8+. The Kier molecular flexibility index (Phi) is 3.31. The first-order valence-electron chi connectivity index (χ1n) is 6.62. The molecule has 0 amide bonds. The van der Waals surface area contributed by atoms with Gasteiger partial charge in [-0.3, -0.25) is 0 Å². The third-order valence-corrected chi connectivity index (χ3v) is 4.15. The number of allylic oxidation sites excluding steroid dienone is 3. The van der Waals surface area contributed by atoms with E-state index in [0.717, 1.165) is 0 Å². The maximum atomic E-state index is 5.90. The molecule has 2 atom stereocenters. The minimum Gasteiger partial charge on any atom is -0.360 e. The summed E-state index contributed by atoms with van der Waals surface area (Å²) in [5.41, 5.74) is 4.73. The molecule has 1 heteroatoms. The summed E-state index contributed by atoms with van der Waals surface area (Å²) in [6.07, 6.45) is 8.40. The Hall–Kier alpha value is -0.820. The highest BCUT2D eigenvalue weighted by molar-refractivity contribution is 5.35. The van der Waals surface area contributed by atoms with Gasteiger partial charge in [0.1, 0.15) is 12.2 Å². The molecule has 2 unspecified atom stereocenters. The lowest BCUT2D eigenvalue weighted by Crippen LogP contribution is -2.24. The lowest BCUT2D eigenvalue weighted by molar-refractivity contribution is 0.317. The van der Waals surface area contributed by atoms with Crippen LogP contribution in [0.15, 0.2) is 35.5 Å². The summed E-state index contributed by atoms with van der Waals surface area (Å²) in [5.74, 6) is 0. The number of hydrogen-bond donors (Lipinski definition) is 0. The monoisotopic (exact) mass is 232 g/mol. The Morgan fingerprint density at radius 3 is 2.76 bits per heavy atom. The van der Waals surface area contributed by atoms with Crippen LogP contribution in [0.25, 0.3) is 0 Å². The largest absolute Gasteiger partial charge is 0.360 e. The van der Waals surface area contributed by atoms with E-state index >= 15 is 0 Å². The zero-order chi connectivity index (χ0) is 12.6. The number of ether oxygens (including phenoxy) is 1. The van der Waals surface area contributed by atoms with E-state index in [4.69, 9.17) is 4.74 Å². The molecule has 1 aliphatic carbocycles. The fourth-order valence-corrected chi connectivity index (χ4v) is 3.23. The van der Waals surface area contributed by atoms with Crippen molar-refractivity contribution in [3.05, 3.63) is 35.5 Å². The van der Waals surface area contributed by atoms with Crippen LogP contribution in [0.5, 0.6) is 0 Å². The summed E-state index contributed by atoms with van der Waals surface area (Å²) < 4.78 is 5.90. The van der Waals surface area contributed by atoms with E-state index in [2.05, 4.69) is 40.3 Å². The van der Waals surface area contributed by atoms with E-state index < -0.39 is 0 Å². The van der Waals surface area contributed by atoms with Crippen molar-refractivity contribution < 1.29 is 4.74 Å². The Morgan fingerprint density at radius 2 is 2.18 bits per heavy atom. The van der Waals surface area contributed by atoms with Crippen LogP contribution >= 0.6 is 0 Å². The molecule has 1 fully saturated rings. The molecule has 17 heavy (non-hydrogen) atoms. The van der Waals surface area contributed by atoms with Gasteiger partial charge in [0.15, 0.2) is 0 Å². The topological polar surface area (TPSA) is 12.5 Å². The third-order valence-electron chi connectivity index (χ3n) is 4.15. The molecule has 2 rings (SSSR count).